The second-order valence-electron chi connectivity index (χ2n) is 4.53. The summed E-state index contributed by atoms with van der Waals surface area (Å²) in [5.41, 5.74) is 1.97. The van der Waals surface area contributed by atoms with E-state index in [-0.39, 0.29) is 5.75 Å². The lowest BCUT2D eigenvalue weighted by atomic mass is 10.2. The monoisotopic (exact) mass is 383 g/mol. The predicted octanol–water partition coefficient (Wildman–Crippen LogP) is 3.68. The van der Waals surface area contributed by atoms with E-state index in [9.17, 15) is 5.11 Å². The highest BCUT2D eigenvalue weighted by atomic mass is 79.9. The van der Waals surface area contributed by atoms with Gasteiger partial charge in [0.15, 0.2) is 11.5 Å². The normalized spacial score (nSPS) is 12.3. The van der Waals surface area contributed by atoms with Crippen molar-refractivity contribution in [2.75, 3.05) is 6.61 Å². The van der Waals surface area contributed by atoms with Crippen molar-refractivity contribution in [1.82, 2.24) is 4.57 Å². The number of phenolic OH excluding ortho intramolecular Hbond substituents is 1. The maximum atomic E-state index is 9.89. The summed E-state index contributed by atoms with van der Waals surface area (Å²) >= 11 is 4.87. The maximum absolute atomic E-state index is 9.89. The summed E-state index contributed by atoms with van der Waals surface area (Å²) in [6, 6.07) is 3.50. The first-order valence-electron chi connectivity index (χ1n) is 6.94. The fourth-order valence-corrected chi connectivity index (χ4v) is 3.31. The van der Waals surface area contributed by atoms with Gasteiger partial charge in [0, 0.05) is 17.6 Å². The van der Waals surface area contributed by atoms with E-state index < -0.39 is 0 Å². The Balaban J connectivity index is 2.30. The average molecular weight is 384 g/mol. The van der Waals surface area contributed by atoms with Crippen molar-refractivity contribution in [2.45, 2.75) is 27.3 Å². The Kier molecular flexibility index (Phi) is 5.79. The van der Waals surface area contributed by atoms with Crippen molar-refractivity contribution < 1.29 is 9.84 Å². The van der Waals surface area contributed by atoms with Crippen LogP contribution in [0.25, 0.3) is 0 Å². The van der Waals surface area contributed by atoms with Gasteiger partial charge in [-0.3, -0.25) is 0 Å². The van der Waals surface area contributed by atoms with Crippen LogP contribution >= 0.6 is 27.3 Å². The molecule has 22 heavy (non-hydrogen) atoms. The Morgan fingerprint density at radius 1 is 1.41 bits per heavy atom. The minimum absolute atomic E-state index is 0.0913. The third-order valence-electron chi connectivity index (χ3n) is 3.01. The number of hydrogen-bond donors (Lipinski definition) is 1. The lowest BCUT2D eigenvalue weighted by molar-refractivity contribution is 0.317. The molecule has 0 bridgehead atoms. The highest BCUT2D eigenvalue weighted by Gasteiger charge is 2.08. The fraction of sp³-hybridized carbons (Fsp3) is 0.333. The van der Waals surface area contributed by atoms with Gasteiger partial charge in [0.1, 0.15) is 0 Å². The molecule has 0 amide bonds. The number of aromatic hydroxyl groups is 1. The third-order valence-corrected chi connectivity index (χ3v) is 4.58. The van der Waals surface area contributed by atoms with Crippen LogP contribution in [0.5, 0.6) is 11.5 Å². The molecule has 0 atom stereocenters. The summed E-state index contributed by atoms with van der Waals surface area (Å²) in [6.07, 6.45) is 1.64. The molecule has 1 N–H and O–H groups in total. The number of aryl methyl sites for hydroxylation is 1. The Morgan fingerprint density at radius 3 is 2.86 bits per heavy atom. The molecule has 0 fully saturated rings. The van der Waals surface area contributed by atoms with E-state index in [4.69, 9.17) is 4.74 Å². The van der Waals surface area contributed by atoms with E-state index in [0.717, 1.165) is 16.9 Å². The number of rotatable bonds is 5. The topological polar surface area (TPSA) is 59.1 Å². The number of hydrogen-bond acceptors (Lipinski definition) is 5. The molecule has 2 aromatic rings. The molecule has 0 radical (unpaired) electrons. The lowest BCUT2D eigenvalue weighted by Crippen LogP contribution is -2.14. The molecule has 5 nitrogen and oxygen atoms in total. The first kappa shape index (κ1) is 16.8. The van der Waals surface area contributed by atoms with Gasteiger partial charge in [-0.15, -0.1) is 16.4 Å². The Hall–Kier alpha value is -1.60. The molecule has 1 heterocycles. The minimum Gasteiger partial charge on any atom is -0.503 e. The Bertz CT molecular complexity index is 750. The second-order valence-corrected chi connectivity index (χ2v) is 6.22. The molecule has 7 heteroatoms. The fourth-order valence-electron chi connectivity index (χ4n) is 1.96. The molecule has 1 aromatic carbocycles. The van der Waals surface area contributed by atoms with Gasteiger partial charge in [0.2, 0.25) is 4.80 Å². The van der Waals surface area contributed by atoms with Crippen LogP contribution in [0.2, 0.25) is 0 Å². The van der Waals surface area contributed by atoms with E-state index in [1.54, 1.807) is 29.7 Å². The zero-order valence-corrected chi connectivity index (χ0v) is 15.1. The molecule has 0 aliphatic carbocycles. The first-order valence-corrected chi connectivity index (χ1v) is 8.61. The van der Waals surface area contributed by atoms with E-state index >= 15 is 0 Å². The zero-order chi connectivity index (χ0) is 16.1. The van der Waals surface area contributed by atoms with E-state index in [1.807, 2.05) is 13.8 Å². The quantitative estimate of drug-likeness (QED) is 0.632. The van der Waals surface area contributed by atoms with Crippen molar-refractivity contribution in [3.63, 3.8) is 0 Å². The zero-order valence-electron chi connectivity index (χ0n) is 12.7. The van der Waals surface area contributed by atoms with Gasteiger partial charge < -0.3 is 14.4 Å². The minimum atomic E-state index is 0.0913. The van der Waals surface area contributed by atoms with Gasteiger partial charge in [-0.25, -0.2) is 0 Å². The molecule has 0 saturated heterocycles. The standard InChI is InChI=1S/C15H18BrN3O2S/c1-4-19-10(3)9-22-15(19)18-17-8-11-6-12(16)14(20)13(7-11)21-5-2/h6-9,20H,4-5H2,1-3H3. The molecule has 118 valence electrons. The van der Waals surface area contributed by atoms with Crippen LogP contribution in [0.1, 0.15) is 25.1 Å². The largest absolute Gasteiger partial charge is 0.503 e. The summed E-state index contributed by atoms with van der Waals surface area (Å²) in [5, 5.41) is 20.3. The number of benzene rings is 1. The number of nitrogens with zero attached hydrogens (tertiary/aromatic N) is 3. The maximum Gasteiger partial charge on any atom is 0.210 e. The van der Waals surface area contributed by atoms with Crippen molar-refractivity contribution in [2.24, 2.45) is 10.2 Å². The van der Waals surface area contributed by atoms with Gasteiger partial charge in [0.05, 0.1) is 17.3 Å². The number of aromatic nitrogens is 1. The summed E-state index contributed by atoms with van der Waals surface area (Å²) in [6.45, 7) is 7.34. The number of ether oxygens (including phenoxy) is 1. The van der Waals surface area contributed by atoms with E-state index in [2.05, 4.69) is 43.0 Å². The van der Waals surface area contributed by atoms with Crippen LogP contribution in [0, 0.1) is 6.92 Å². The average Bonchev–Trinajstić information content (AvgIpc) is 2.84. The van der Waals surface area contributed by atoms with Gasteiger partial charge in [-0.05, 0) is 54.4 Å². The van der Waals surface area contributed by atoms with Crippen LogP contribution in [-0.4, -0.2) is 22.5 Å². The molecule has 0 saturated carbocycles. The number of halogens is 1. The lowest BCUT2D eigenvalue weighted by Gasteiger charge is -2.08. The molecule has 0 aliphatic rings. The molecule has 0 spiro atoms. The SMILES string of the molecule is CCOc1cc(C=NN=c2scc(C)n2CC)cc(Br)c1O. The van der Waals surface area contributed by atoms with Crippen LogP contribution in [0.4, 0.5) is 0 Å². The van der Waals surface area contributed by atoms with Gasteiger partial charge in [0.25, 0.3) is 0 Å². The molecular weight excluding hydrogens is 366 g/mol. The third kappa shape index (κ3) is 3.78. The smallest absolute Gasteiger partial charge is 0.210 e. The van der Waals surface area contributed by atoms with E-state index in [1.165, 1.54) is 5.69 Å². The second kappa shape index (κ2) is 7.60. The van der Waals surface area contributed by atoms with Crippen LogP contribution in [-0.2, 0) is 6.54 Å². The summed E-state index contributed by atoms with van der Waals surface area (Å²) in [4.78, 5) is 0.860. The summed E-state index contributed by atoms with van der Waals surface area (Å²) in [5.74, 6) is 0.516. The predicted molar refractivity (Wildman–Crippen MR) is 92.9 cm³/mol. The van der Waals surface area contributed by atoms with Crippen LogP contribution in [0.15, 0.2) is 32.2 Å². The Morgan fingerprint density at radius 2 is 2.18 bits per heavy atom. The molecule has 0 aliphatic heterocycles. The molecule has 2 rings (SSSR count). The van der Waals surface area contributed by atoms with Gasteiger partial charge in [-0.1, -0.05) is 0 Å². The van der Waals surface area contributed by atoms with Crippen molar-refractivity contribution in [3.05, 3.63) is 38.0 Å². The van der Waals surface area contributed by atoms with Crippen molar-refractivity contribution in [1.29, 1.82) is 0 Å². The summed E-state index contributed by atoms with van der Waals surface area (Å²) in [7, 11) is 0. The molecular formula is C15H18BrN3O2S. The number of phenols is 1. The first-order chi connectivity index (χ1) is 10.6. The van der Waals surface area contributed by atoms with E-state index in [0.29, 0.717) is 16.8 Å². The molecule has 0 unspecified atom stereocenters. The number of thiazole rings is 1. The van der Waals surface area contributed by atoms with Crippen molar-refractivity contribution in [3.8, 4) is 11.5 Å². The highest BCUT2D eigenvalue weighted by molar-refractivity contribution is 9.10. The Labute approximate surface area is 141 Å². The van der Waals surface area contributed by atoms with Crippen LogP contribution in [0.3, 0.4) is 0 Å². The van der Waals surface area contributed by atoms with Gasteiger partial charge >= 0.3 is 0 Å². The summed E-state index contributed by atoms with van der Waals surface area (Å²) < 4.78 is 8.05. The van der Waals surface area contributed by atoms with Gasteiger partial charge in [-0.2, -0.15) is 5.10 Å². The highest BCUT2D eigenvalue weighted by Crippen LogP contribution is 2.35. The van der Waals surface area contributed by atoms with Crippen molar-refractivity contribution >= 4 is 33.5 Å². The van der Waals surface area contributed by atoms with Crippen LogP contribution < -0.4 is 9.54 Å². The molecule has 1 aromatic heterocycles.